The number of hydrogen-bond donors (Lipinski definition) is 1. The number of alkyl halides is 13. The van der Waals surface area contributed by atoms with Crippen LogP contribution in [0.3, 0.4) is 0 Å². The summed E-state index contributed by atoms with van der Waals surface area (Å²) in [6, 6.07) is 5.11. The normalized spacial score (nSPS) is 27.9. The molecule has 0 amide bonds. The van der Waals surface area contributed by atoms with E-state index in [0.717, 1.165) is 42.6 Å². The molecule has 16 heteroatoms. The summed E-state index contributed by atoms with van der Waals surface area (Å²) in [4.78, 5) is 0. The van der Waals surface area contributed by atoms with Gasteiger partial charge in [-0.3, -0.25) is 0 Å². The van der Waals surface area contributed by atoms with E-state index >= 15 is 0 Å². The third-order valence-corrected chi connectivity index (χ3v) is 10.1. The second-order valence-electron chi connectivity index (χ2n) is 12.8. The van der Waals surface area contributed by atoms with E-state index in [1.54, 1.807) is 0 Å². The van der Waals surface area contributed by atoms with E-state index in [-0.39, 0.29) is 24.2 Å². The van der Waals surface area contributed by atoms with Crippen molar-refractivity contribution in [1.82, 2.24) is 5.32 Å². The van der Waals surface area contributed by atoms with Crippen LogP contribution in [0.25, 0.3) is 0 Å². The maximum Gasteiger partial charge on any atom is 0.435 e. The highest BCUT2D eigenvalue weighted by Crippen LogP contribution is 2.61. The Kier molecular flexibility index (Phi) is 9.59. The van der Waals surface area contributed by atoms with Crippen LogP contribution < -0.4 is 10.1 Å². The topological polar surface area (TPSA) is 30.5 Å². The minimum absolute atomic E-state index is 0.00358. The second kappa shape index (κ2) is 12.5. The van der Waals surface area contributed by atoms with Crippen molar-refractivity contribution in [3.05, 3.63) is 29.3 Å². The molecule has 4 rings (SSSR count). The first-order valence-corrected chi connectivity index (χ1v) is 14.9. The molecule has 1 aromatic rings. The van der Waals surface area contributed by atoms with E-state index in [2.05, 4.69) is 10.1 Å². The molecule has 0 aliphatic heterocycles. The number of nitrogens with one attached hydrogen (secondary N) is 1. The molecule has 3 unspecified atom stereocenters. The molecule has 1 aromatic carbocycles. The Bertz CT molecular complexity index is 1200. The van der Waals surface area contributed by atoms with Crippen LogP contribution in [0.4, 0.5) is 57.1 Å². The van der Waals surface area contributed by atoms with Crippen LogP contribution >= 0.6 is 0 Å². The highest BCUT2D eigenvalue weighted by Gasteiger charge is 2.86. The van der Waals surface area contributed by atoms with Crippen LogP contribution in [0.15, 0.2) is 18.2 Å². The number of benzene rings is 1. The Morgan fingerprint density at radius 3 is 2.13 bits per heavy atom. The Labute approximate surface area is 259 Å². The molecule has 0 radical (unpaired) electrons. The fourth-order valence-electron chi connectivity index (χ4n) is 7.69. The van der Waals surface area contributed by atoms with Crippen molar-refractivity contribution in [2.24, 2.45) is 17.3 Å². The molecule has 264 valence electrons. The minimum Gasteiger partial charge on any atom is -0.494 e. The molecular formula is C30H36F13NO2. The van der Waals surface area contributed by atoms with E-state index in [0.29, 0.717) is 32.8 Å². The van der Waals surface area contributed by atoms with E-state index in [9.17, 15) is 57.1 Å². The molecule has 2 saturated carbocycles. The zero-order chi connectivity index (χ0) is 35.3. The van der Waals surface area contributed by atoms with Gasteiger partial charge in [0.05, 0.1) is 13.2 Å². The summed E-state index contributed by atoms with van der Waals surface area (Å²) >= 11 is 0. The predicted octanol–water partition coefficient (Wildman–Crippen LogP) is 9.39. The number of fused-ring (bicyclic) bond motifs is 5. The molecule has 2 fully saturated rings. The number of halogens is 13. The van der Waals surface area contributed by atoms with Crippen LogP contribution in [-0.2, 0) is 11.2 Å². The van der Waals surface area contributed by atoms with Gasteiger partial charge in [-0.1, -0.05) is 26.3 Å². The lowest BCUT2D eigenvalue weighted by Crippen LogP contribution is -2.69. The predicted molar refractivity (Wildman–Crippen MR) is 140 cm³/mol. The zero-order valence-corrected chi connectivity index (χ0v) is 24.8. The van der Waals surface area contributed by atoms with Crippen LogP contribution in [-0.4, -0.2) is 61.8 Å². The molecule has 46 heavy (non-hydrogen) atoms. The quantitative estimate of drug-likeness (QED) is 0.186. The van der Waals surface area contributed by atoms with Crippen LogP contribution in [0, 0.1) is 17.3 Å². The number of hydrogen-bond acceptors (Lipinski definition) is 3. The molecule has 3 aliphatic rings. The first kappa shape index (κ1) is 35.3. The van der Waals surface area contributed by atoms with Crippen molar-refractivity contribution in [2.75, 3.05) is 19.8 Å². The first-order valence-electron chi connectivity index (χ1n) is 15.6. The van der Waals surface area contributed by atoms with Gasteiger partial charge in [-0.15, -0.1) is 0 Å². The highest BCUT2D eigenvalue weighted by atomic mass is 19.4. The van der Waals surface area contributed by atoms with Crippen molar-refractivity contribution < 1.29 is 67.9 Å². The summed E-state index contributed by atoms with van der Waals surface area (Å²) in [6.07, 6.45) is -17.0. The summed E-state index contributed by atoms with van der Waals surface area (Å²) in [5.41, 5.74) is -5.47. The Morgan fingerprint density at radius 1 is 0.870 bits per heavy atom. The summed E-state index contributed by atoms with van der Waals surface area (Å²) in [5.74, 6) is -10.2. The fourth-order valence-corrected chi connectivity index (χ4v) is 7.69. The summed E-state index contributed by atoms with van der Waals surface area (Å²) in [7, 11) is 0. The maximum absolute atomic E-state index is 14.7. The summed E-state index contributed by atoms with van der Waals surface area (Å²) in [5, 5.41) is 2.33. The van der Waals surface area contributed by atoms with E-state index in [1.807, 2.05) is 25.1 Å². The Balaban J connectivity index is 1.42. The van der Waals surface area contributed by atoms with Gasteiger partial charge in [-0.2, -0.15) is 57.1 Å². The molecule has 5 atom stereocenters. The van der Waals surface area contributed by atoms with Crippen LogP contribution in [0.5, 0.6) is 5.75 Å². The van der Waals surface area contributed by atoms with Crippen LogP contribution in [0.1, 0.15) is 77.2 Å². The largest absolute Gasteiger partial charge is 0.494 e. The van der Waals surface area contributed by atoms with Crippen molar-refractivity contribution in [3.8, 4) is 5.75 Å². The number of ether oxygens (including phenoxy) is 2. The van der Waals surface area contributed by atoms with Crippen molar-refractivity contribution >= 4 is 0 Å². The van der Waals surface area contributed by atoms with E-state index < -0.39 is 60.6 Å². The van der Waals surface area contributed by atoms with E-state index in [4.69, 9.17) is 6.11 Å². The zero-order valence-electron chi connectivity index (χ0n) is 25.8. The van der Waals surface area contributed by atoms with Crippen molar-refractivity contribution in [1.29, 1.82) is 0 Å². The van der Waals surface area contributed by atoms with Gasteiger partial charge in [0.15, 0.2) is 0 Å². The molecule has 0 heterocycles. The Hall–Kier alpha value is -1.97. The standard InChI is InChI=1S/C30H36F13NO2/c1-3-4-13-45-18-6-8-19-17(14-18)5-7-21-20(19)11-12-24(2)22(21)9-10-23(24)44-15-25(31,32)26(33,34)16-46-27(28(35,36)37,29(38,39)40)30(41,42)43/h6,8,14,20-23,44H,3-5,7,9-13,15-16H2,1-2H3/t20?,21?,22?,23-,24-/m0/s1/i1D. The average Bonchev–Trinajstić information content (AvgIpc) is 3.28. The third-order valence-electron chi connectivity index (χ3n) is 10.1. The van der Waals surface area contributed by atoms with Gasteiger partial charge >= 0.3 is 36.0 Å². The molecule has 0 saturated heterocycles. The fraction of sp³-hybridized carbons (Fsp3) is 0.800. The molecule has 0 aromatic heterocycles. The molecule has 3 nitrogen and oxygen atoms in total. The second-order valence-corrected chi connectivity index (χ2v) is 12.8. The maximum atomic E-state index is 14.7. The minimum atomic E-state index is -7.34. The molecular weight excluding hydrogens is 653 g/mol. The van der Waals surface area contributed by atoms with Gasteiger partial charge in [-0.25, -0.2) is 0 Å². The lowest BCUT2D eigenvalue weighted by atomic mass is 9.55. The SMILES string of the molecule is [2H]CCCCOc1ccc2c(c1)CCC1C2CC[C@@]2(C)C1CC[C@@H]2NCC(F)(F)C(F)(F)COC(C(F)(F)F)(C(F)(F)F)C(F)(F)F. The van der Waals surface area contributed by atoms with Gasteiger partial charge < -0.3 is 14.8 Å². The Morgan fingerprint density at radius 2 is 1.52 bits per heavy atom. The molecule has 1 N–H and O–H groups in total. The summed E-state index contributed by atoms with van der Waals surface area (Å²) in [6.45, 7) is -2.77. The van der Waals surface area contributed by atoms with Crippen molar-refractivity contribution in [2.45, 2.75) is 113 Å². The van der Waals surface area contributed by atoms with Gasteiger partial charge in [0, 0.05) is 7.41 Å². The van der Waals surface area contributed by atoms with Crippen molar-refractivity contribution in [3.63, 3.8) is 0 Å². The number of rotatable bonds is 11. The highest BCUT2D eigenvalue weighted by molar-refractivity contribution is 5.40. The smallest absolute Gasteiger partial charge is 0.435 e. The number of unbranched alkanes of at least 4 members (excludes halogenated alkanes) is 1. The monoisotopic (exact) mass is 690 g/mol. The lowest BCUT2D eigenvalue weighted by Gasteiger charge is -2.51. The van der Waals surface area contributed by atoms with Gasteiger partial charge in [0.25, 0.3) is 0 Å². The third kappa shape index (κ3) is 6.41. The lowest BCUT2D eigenvalue weighted by molar-refractivity contribution is -0.464. The van der Waals surface area contributed by atoms with Gasteiger partial charge in [-0.05, 0) is 91.4 Å². The number of aryl methyl sites for hydroxylation is 1. The van der Waals surface area contributed by atoms with Gasteiger partial charge in [0.2, 0.25) is 0 Å². The van der Waals surface area contributed by atoms with Crippen LogP contribution in [0.2, 0.25) is 0 Å². The average molecular weight is 691 g/mol. The molecule has 3 aliphatic carbocycles. The summed E-state index contributed by atoms with van der Waals surface area (Å²) < 4.78 is 192. The molecule has 0 spiro atoms. The van der Waals surface area contributed by atoms with Gasteiger partial charge in [0.1, 0.15) is 12.4 Å². The first-order chi connectivity index (χ1) is 21.5. The molecule has 0 bridgehead atoms. The van der Waals surface area contributed by atoms with E-state index in [1.165, 1.54) is 0 Å².